The van der Waals surface area contributed by atoms with Crippen LogP contribution in [0.4, 0.5) is 0 Å². The van der Waals surface area contributed by atoms with Crippen LogP contribution >= 0.6 is 11.6 Å². The van der Waals surface area contributed by atoms with Gasteiger partial charge in [-0.25, -0.2) is 0 Å². The molecule has 2 aromatic carbocycles. The monoisotopic (exact) mass is 390 g/mol. The zero-order valence-corrected chi connectivity index (χ0v) is 15.8. The summed E-state index contributed by atoms with van der Waals surface area (Å²) in [6.07, 6.45) is -4.18. The van der Waals surface area contributed by atoms with Crippen molar-refractivity contribution in [3.05, 3.63) is 76.5 Å². The third-order valence-corrected chi connectivity index (χ3v) is 4.99. The molecule has 0 unspecified atom stereocenters. The molecule has 3 N–H and O–H groups in total. The molecule has 2 aromatic rings. The van der Waals surface area contributed by atoms with Gasteiger partial charge in [-0.05, 0) is 48.2 Å². The highest BCUT2D eigenvalue weighted by Gasteiger charge is 2.41. The maximum absolute atomic E-state index is 10.3. The first kappa shape index (κ1) is 19.7. The number of rotatable bonds is 5. The maximum atomic E-state index is 10.3. The van der Waals surface area contributed by atoms with Crippen LogP contribution in [0.3, 0.4) is 0 Å². The Kier molecular flexibility index (Phi) is 6.07. The number of hydrogen-bond acceptors (Lipinski definition) is 5. The van der Waals surface area contributed by atoms with E-state index in [4.69, 9.17) is 21.1 Å². The fourth-order valence-corrected chi connectivity index (χ4v) is 3.31. The van der Waals surface area contributed by atoms with Crippen molar-refractivity contribution in [2.75, 3.05) is 6.61 Å². The second-order valence-electron chi connectivity index (χ2n) is 6.54. The molecule has 0 radical (unpaired) electrons. The number of ether oxygens (including phenoxy) is 2. The van der Waals surface area contributed by atoms with Crippen molar-refractivity contribution in [2.24, 2.45) is 0 Å². The van der Waals surface area contributed by atoms with Crippen molar-refractivity contribution in [1.29, 1.82) is 0 Å². The Morgan fingerprint density at radius 1 is 1.07 bits per heavy atom. The molecule has 6 heteroatoms. The molecule has 1 fully saturated rings. The molecule has 0 aromatic heterocycles. The summed E-state index contributed by atoms with van der Waals surface area (Å²) in [7, 11) is 0. The topological polar surface area (TPSA) is 79.2 Å². The van der Waals surface area contributed by atoms with Gasteiger partial charge in [-0.2, -0.15) is 0 Å². The van der Waals surface area contributed by atoms with Crippen LogP contribution in [0.5, 0.6) is 5.75 Å². The molecule has 0 bridgehead atoms. The van der Waals surface area contributed by atoms with Gasteiger partial charge in [0.15, 0.2) is 6.10 Å². The fourth-order valence-electron chi connectivity index (χ4n) is 3.12. The van der Waals surface area contributed by atoms with Crippen LogP contribution in [0, 0.1) is 0 Å². The van der Waals surface area contributed by atoms with Crippen LogP contribution in [0.1, 0.15) is 29.7 Å². The van der Waals surface area contributed by atoms with E-state index in [2.05, 4.69) is 6.58 Å². The minimum Gasteiger partial charge on any atom is -0.494 e. The Bertz CT molecular complexity index is 805. The van der Waals surface area contributed by atoms with E-state index in [1.807, 2.05) is 37.3 Å². The number of halogens is 1. The van der Waals surface area contributed by atoms with E-state index in [1.54, 1.807) is 12.1 Å². The lowest BCUT2D eigenvalue weighted by atomic mass is 9.92. The maximum Gasteiger partial charge on any atom is 0.152 e. The van der Waals surface area contributed by atoms with Crippen LogP contribution in [0.25, 0.3) is 0 Å². The van der Waals surface area contributed by atoms with Crippen molar-refractivity contribution < 1.29 is 24.8 Å². The van der Waals surface area contributed by atoms with Gasteiger partial charge < -0.3 is 24.8 Å². The van der Waals surface area contributed by atoms with Gasteiger partial charge in [-0.15, -0.1) is 0 Å². The fraction of sp³-hybridized carbons (Fsp3) is 0.333. The predicted molar refractivity (Wildman–Crippen MR) is 103 cm³/mol. The highest BCUT2D eigenvalue weighted by atomic mass is 35.5. The molecule has 0 spiro atoms. The van der Waals surface area contributed by atoms with E-state index in [9.17, 15) is 15.3 Å². The third-order valence-electron chi connectivity index (χ3n) is 4.62. The van der Waals surface area contributed by atoms with E-state index in [1.165, 1.54) is 0 Å². The van der Waals surface area contributed by atoms with Gasteiger partial charge in [0.2, 0.25) is 0 Å². The molecular weight excluding hydrogens is 368 g/mol. The lowest BCUT2D eigenvalue weighted by Crippen LogP contribution is -2.47. The van der Waals surface area contributed by atoms with E-state index < -0.39 is 24.4 Å². The first-order valence-electron chi connectivity index (χ1n) is 8.80. The Labute approximate surface area is 163 Å². The molecule has 0 aliphatic carbocycles. The summed E-state index contributed by atoms with van der Waals surface area (Å²) in [4.78, 5) is 0. The van der Waals surface area contributed by atoms with Gasteiger partial charge in [-0.3, -0.25) is 0 Å². The van der Waals surface area contributed by atoms with Crippen molar-refractivity contribution >= 4 is 11.6 Å². The highest BCUT2D eigenvalue weighted by Crippen LogP contribution is 2.35. The molecule has 144 valence electrons. The molecule has 1 aliphatic rings. The van der Waals surface area contributed by atoms with Gasteiger partial charge in [0.05, 0.1) is 6.61 Å². The lowest BCUT2D eigenvalue weighted by molar-refractivity contribution is -0.157. The number of aliphatic hydroxyl groups is 3. The van der Waals surface area contributed by atoms with E-state index in [0.717, 1.165) is 16.9 Å². The second-order valence-corrected chi connectivity index (χ2v) is 6.94. The van der Waals surface area contributed by atoms with E-state index in [0.29, 0.717) is 23.6 Å². The molecule has 1 heterocycles. The van der Waals surface area contributed by atoms with Gasteiger partial charge >= 0.3 is 0 Å². The van der Waals surface area contributed by atoms with Gasteiger partial charge in [0.1, 0.15) is 29.8 Å². The first-order valence-corrected chi connectivity index (χ1v) is 9.18. The zero-order chi connectivity index (χ0) is 19.6. The Morgan fingerprint density at radius 3 is 2.44 bits per heavy atom. The SMILES string of the molecule is C=C1O[C@@H](c2ccc(Cl)c(Cc3ccc(OCC)cc3)c2)[C@H](O)[C@@H](O)[C@@H]1O. The minimum atomic E-state index is -1.36. The summed E-state index contributed by atoms with van der Waals surface area (Å²) in [6, 6.07) is 13.1. The normalized spacial score (nSPS) is 25.1. The average Bonchev–Trinajstić information content (AvgIpc) is 2.66. The van der Waals surface area contributed by atoms with Crippen molar-refractivity contribution in [1.82, 2.24) is 0 Å². The van der Waals surface area contributed by atoms with Crippen LogP contribution in [-0.2, 0) is 11.2 Å². The summed E-state index contributed by atoms with van der Waals surface area (Å²) in [6.45, 7) is 6.16. The van der Waals surface area contributed by atoms with Gasteiger partial charge in [-0.1, -0.05) is 42.4 Å². The van der Waals surface area contributed by atoms with Crippen molar-refractivity contribution in [3.8, 4) is 5.75 Å². The zero-order valence-electron chi connectivity index (χ0n) is 15.0. The van der Waals surface area contributed by atoms with Crippen molar-refractivity contribution in [3.63, 3.8) is 0 Å². The number of aliphatic hydroxyl groups excluding tert-OH is 3. The summed E-state index contributed by atoms with van der Waals surface area (Å²) in [5, 5.41) is 30.6. The summed E-state index contributed by atoms with van der Waals surface area (Å²) < 4.78 is 11.0. The van der Waals surface area contributed by atoms with E-state index in [-0.39, 0.29) is 5.76 Å². The average molecular weight is 391 g/mol. The molecule has 0 amide bonds. The molecule has 4 atom stereocenters. The molecule has 1 saturated heterocycles. The Morgan fingerprint density at radius 2 is 1.78 bits per heavy atom. The minimum absolute atomic E-state index is 0.0285. The number of benzene rings is 2. The predicted octanol–water partition coefficient (Wildman–Crippen LogP) is 3.00. The largest absolute Gasteiger partial charge is 0.494 e. The van der Waals surface area contributed by atoms with Crippen LogP contribution in [0.2, 0.25) is 5.02 Å². The molecule has 0 saturated carbocycles. The van der Waals surface area contributed by atoms with E-state index >= 15 is 0 Å². The Balaban J connectivity index is 1.83. The highest BCUT2D eigenvalue weighted by molar-refractivity contribution is 6.31. The van der Waals surface area contributed by atoms with Crippen LogP contribution < -0.4 is 4.74 Å². The van der Waals surface area contributed by atoms with Crippen molar-refractivity contribution in [2.45, 2.75) is 37.8 Å². The summed E-state index contributed by atoms with van der Waals surface area (Å²) in [5.74, 6) is 0.840. The van der Waals surface area contributed by atoms with Gasteiger partial charge in [0, 0.05) is 5.02 Å². The van der Waals surface area contributed by atoms with Crippen LogP contribution in [-0.4, -0.2) is 40.2 Å². The van der Waals surface area contributed by atoms with Crippen LogP contribution in [0.15, 0.2) is 54.8 Å². The standard InChI is InChI=1S/C21H23ClO5/c1-3-26-16-7-4-13(5-8-16)10-15-11-14(6-9-17(15)22)21-20(25)19(24)18(23)12(2)27-21/h4-9,11,18-21,23-25H,2-3,10H2,1H3/t18-,19+,20-,21+/m1/s1. The first-order chi connectivity index (χ1) is 12.9. The lowest BCUT2D eigenvalue weighted by Gasteiger charge is -2.37. The molecule has 27 heavy (non-hydrogen) atoms. The quantitative estimate of drug-likeness (QED) is 0.731. The Hall–Kier alpha value is -2.05. The summed E-state index contributed by atoms with van der Waals surface area (Å²) in [5.41, 5.74) is 2.57. The number of hydrogen-bond donors (Lipinski definition) is 3. The molecular formula is C21H23ClO5. The second kappa shape index (κ2) is 8.31. The summed E-state index contributed by atoms with van der Waals surface area (Å²) >= 11 is 6.35. The third kappa shape index (κ3) is 4.28. The smallest absolute Gasteiger partial charge is 0.152 e. The van der Waals surface area contributed by atoms with Gasteiger partial charge in [0.25, 0.3) is 0 Å². The molecule has 3 rings (SSSR count). The molecule has 5 nitrogen and oxygen atoms in total. The molecule has 1 aliphatic heterocycles.